The van der Waals surface area contributed by atoms with E-state index in [4.69, 9.17) is 0 Å². The van der Waals surface area contributed by atoms with Crippen molar-refractivity contribution >= 4 is 5.91 Å². The van der Waals surface area contributed by atoms with Crippen LogP contribution in [0.15, 0.2) is 6.20 Å². The number of rotatable bonds is 4. The quantitative estimate of drug-likeness (QED) is 0.854. The lowest BCUT2D eigenvalue weighted by molar-refractivity contribution is -0.136. The highest BCUT2D eigenvalue weighted by Crippen LogP contribution is 2.38. The molecule has 0 spiro atoms. The fourth-order valence-electron chi connectivity index (χ4n) is 3.91. The average molecular weight is 288 g/mol. The molecule has 21 heavy (non-hydrogen) atoms. The second-order valence-corrected chi connectivity index (χ2v) is 6.95. The molecule has 0 bridgehead atoms. The van der Waals surface area contributed by atoms with E-state index in [-0.39, 0.29) is 0 Å². The van der Waals surface area contributed by atoms with Crippen molar-refractivity contribution in [2.75, 3.05) is 6.54 Å². The first kappa shape index (κ1) is 13.3. The first-order valence-electron chi connectivity index (χ1n) is 8.52. The second kappa shape index (κ2) is 5.43. The lowest BCUT2D eigenvalue weighted by Crippen LogP contribution is -2.41. The first-order valence-corrected chi connectivity index (χ1v) is 8.52. The Morgan fingerprint density at radius 2 is 1.95 bits per heavy atom. The molecule has 0 radical (unpaired) electrons. The molecule has 4 rings (SSSR count). The van der Waals surface area contributed by atoms with Crippen molar-refractivity contribution < 1.29 is 4.79 Å². The van der Waals surface area contributed by atoms with Crippen LogP contribution in [0.2, 0.25) is 0 Å². The topological polar surface area (TPSA) is 51.0 Å². The van der Waals surface area contributed by atoms with E-state index in [2.05, 4.69) is 21.4 Å². The molecule has 114 valence electrons. The van der Waals surface area contributed by atoms with Crippen LogP contribution in [0.5, 0.6) is 0 Å². The first-order chi connectivity index (χ1) is 10.3. The molecule has 1 saturated heterocycles. The number of carbonyl (C=O) groups is 1. The summed E-state index contributed by atoms with van der Waals surface area (Å²) in [5.74, 6) is 1.35. The van der Waals surface area contributed by atoms with Crippen molar-refractivity contribution in [3.8, 4) is 0 Å². The number of nitrogens with zero attached hydrogens (tertiary/aromatic N) is 4. The summed E-state index contributed by atoms with van der Waals surface area (Å²) in [6, 6.07) is 0.326. The Hall–Kier alpha value is -1.39. The Balaban J connectivity index is 1.41. The molecule has 5 nitrogen and oxygen atoms in total. The van der Waals surface area contributed by atoms with Crippen LogP contribution in [-0.2, 0) is 11.3 Å². The number of likely N-dealkylation sites (tertiary alicyclic amines) is 1. The molecule has 2 saturated carbocycles. The number of aromatic nitrogens is 3. The SMILES string of the molecule is O=C(C1CCCC1)N1CCC[C@H]1Cn1cc(C2CC2)nn1. The molecular weight excluding hydrogens is 264 g/mol. The van der Waals surface area contributed by atoms with Crippen LogP contribution >= 0.6 is 0 Å². The van der Waals surface area contributed by atoms with Gasteiger partial charge in [0.15, 0.2) is 0 Å². The van der Waals surface area contributed by atoms with Crippen LogP contribution in [-0.4, -0.2) is 38.4 Å². The van der Waals surface area contributed by atoms with Crippen molar-refractivity contribution in [2.24, 2.45) is 5.92 Å². The highest BCUT2D eigenvalue weighted by atomic mass is 16.2. The van der Waals surface area contributed by atoms with Crippen molar-refractivity contribution in [2.45, 2.75) is 69.9 Å². The van der Waals surface area contributed by atoms with E-state index in [1.165, 1.54) is 25.7 Å². The second-order valence-electron chi connectivity index (χ2n) is 6.95. The molecule has 0 aromatic carbocycles. The van der Waals surface area contributed by atoms with Crippen LogP contribution < -0.4 is 0 Å². The van der Waals surface area contributed by atoms with Gasteiger partial charge in [0.1, 0.15) is 0 Å². The van der Waals surface area contributed by atoms with E-state index >= 15 is 0 Å². The minimum absolute atomic E-state index is 0.295. The smallest absolute Gasteiger partial charge is 0.225 e. The average Bonchev–Trinajstić information content (AvgIpc) is 2.96. The monoisotopic (exact) mass is 288 g/mol. The summed E-state index contributed by atoms with van der Waals surface area (Å²) in [7, 11) is 0. The normalized spacial score (nSPS) is 26.7. The Morgan fingerprint density at radius 3 is 2.71 bits per heavy atom. The Labute approximate surface area is 125 Å². The zero-order valence-electron chi connectivity index (χ0n) is 12.6. The zero-order chi connectivity index (χ0) is 14.2. The Bertz CT molecular complexity index is 516. The van der Waals surface area contributed by atoms with E-state index in [0.29, 0.717) is 23.8 Å². The van der Waals surface area contributed by atoms with Gasteiger partial charge in [-0.2, -0.15) is 0 Å². The molecule has 1 atom stereocenters. The van der Waals surface area contributed by atoms with Gasteiger partial charge >= 0.3 is 0 Å². The lowest BCUT2D eigenvalue weighted by Gasteiger charge is -2.27. The minimum atomic E-state index is 0.295. The number of hydrogen-bond donors (Lipinski definition) is 0. The summed E-state index contributed by atoms with van der Waals surface area (Å²) in [6.45, 7) is 1.75. The Kier molecular flexibility index (Phi) is 3.43. The third kappa shape index (κ3) is 2.70. The molecule has 3 fully saturated rings. The van der Waals surface area contributed by atoms with Gasteiger partial charge in [0.05, 0.1) is 18.3 Å². The maximum atomic E-state index is 12.7. The molecule has 1 aliphatic heterocycles. The van der Waals surface area contributed by atoms with E-state index in [0.717, 1.165) is 44.5 Å². The van der Waals surface area contributed by atoms with Crippen molar-refractivity contribution in [1.82, 2.24) is 19.9 Å². The summed E-state index contributed by atoms with van der Waals surface area (Å²) < 4.78 is 1.96. The van der Waals surface area contributed by atoms with Gasteiger partial charge in [0, 0.05) is 24.6 Å². The fraction of sp³-hybridized carbons (Fsp3) is 0.812. The lowest BCUT2D eigenvalue weighted by atomic mass is 10.1. The van der Waals surface area contributed by atoms with E-state index < -0.39 is 0 Å². The molecular formula is C16H24N4O. The molecule has 1 amide bonds. The zero-order valence-corrected chi connectivity index (χ0v) is 12.6. The largest absolute Gasteiger partial charge is 0.338 e. The van der Waals surface area contributed by atoms with Crippen LogP contribution in [0.3, 0.4) is 0 Å². The van der Waals surface area contributed by atoms with Crippen molar-refractivity contribution in [3.63, 3.8) is 0 Å². The summed E-state index contributed by atoms with van der Waals surface area (Å²) in [4.78, 5) is 14.8. The summed E-state index contributed by atoms with van der Waals surface area (Å²) >= 11 is 0. The molecule has 5 heteroatoms. The van der Waals surface area contributed by atoms with Gasteiger partial charge in [0.2, 0.25) is 5.91 Å². The highest BCUT2D eigenvalue weighted by molar-refractivity contribution is 5.79. The third-order valence-electron chi connectivity index (χ3n) is 5.31. The number of amides is 1. The van der Waals surface area contributed by atoms with Gasteiger partial charge in [-0.1, -0.05) is 18.1 Å². The van der Waals surface area contributed by atoms with Gasteiger partial charge < -0.3 is 4.90 Å². The molecule has 3 aliphatic rings. The van der Waals surface area contributed by atoms with E-state index in [1.54, 1.807) is 0 Å². The van der Waals surface area contributed by atoms with Crippen LogP contribution in [0.4, 0.5) is 0 Å². The summed E-state index contributed by atoms with van der Waals surface area (Å²) in [5, 5.41) is 8.54. The standard InChI is InChI=1S/C16H24N4O/c21-16(13-4-1-2-5-13)20-9-3-6-14(20)10-19-11-15(17-18-19)12-7-8-12/h11-14H,1-10H2/t14-/m0/s1. The molecule has 0 unspecified atom stereocenters. The minimum Gasteiger partial charge on any atom is -0.338 e. The summed E-state index contributed by atoms with van der Waals surface area (Å²) in [5.41, 5.74) is 1.14. The van der Waals surface area contributed by atoms with E-state index in [1.807, 2.05) is 4.68 Å². The number of carbonyl (C=O) groups excluding carboxylic acids is 1. The predicted octanol–water partition coefficient (Wildman–Crippen LogP) is 2.34. The molecule has 1 aromatic heterocycles. The van der Waals surface area contributed by atoms with Gasteiger partial charge in [-0.3, -0.25) is 9.48 Å². The van der Waals surface area contributed by atoms with Crippen LogP contribution in [0.25, 0.3) is 0 Å². The predicted molar refractivity (Wildman–Crippen MR) is 78.7 cm³/mol. The molecule has 2 aliphatic carbocycles. The number of hydrogen-bond acceptors (Lipinski definition) is 3. The fourth-order valence-corrected chi connectivity index (χ4v) is 3.91. The van der Waals surface area contributed by atoms with Gasteiger partial charge in [-0.25, -0.2) is 0 Å². The highest BCUT2D eigenvalue weighted by Gasteiger charge is 2.35. The third-order valence-corrected chi connectivity index (χ3v) is 5.31. The van der Waals surface area contributed by atoms with Gasteiger partial charge in [-0.05, 0) is 38.5 Å². The van der Waals surface area contributed by atoms with Crippen molar-refractivity contribution in [3.05, 3.63) is 11.9 Å². The van der Waals surface area contributed by atoms with Crippen LogP contribution in [0.1, 0.15) is 63.0 Å². The maximum Gasteiger partial charge on any atom is 0.225 e. The van der Waals surface area contributed by atoms with Gasteiger partial charge in [-0.15, -0.1) is 5.10 Å². The van der Waals surface area contributed by atoms with Crippen LogP contribution in [0, 0.1) is 5.92 Å². The summed E-state index contributed by atoms with van der Waals surface area (Å²) in [6.07, 6.45) is 11.5. The molecule has 1 aromatic rings. The molecule has 0 N–H and O–H groups in total. The van der Waals surface area contributed by atoms with E-state index in [9.17, 15) is 4.79 Å². The maximum absolute atomic E-state index is 12.7. The van der Waals surface area contributed by atoms with Crippen molar-refractivity contribution in [1.29, 1.82) is 0 Å². The molecule has 2 heterocycles. The van der Waals surface area contributed by atoms with Gasteiger partial charge in [0.25, 0.3) is 0 Å². The Morgan fingerprint density at radius 1 is 1.14 bits per heavy atom.